The average molecular weight is 351 g/mol. The number of anilines is 1. The minimum absolute atomic E-state index is 0.0507. The molecule has 0 radical (unpaired) electrons. The molecular formula is C14H17N5O6. The third kappa shape index (κ3) is 3.45. The number of aromatic nitrogens is 4. The lowest BCUT2D eigenvalue weighted by Crippen LogP contribution is -2.31. The number of ether oxygens (including phenoxy) is 3. The minimum atomic E-state index is -0.644. The number of imidazole rings is 1. The zero-order chi connectivity index (χ0) is 18.1. The molecule has 134 valence electrons. The molecule has 0 bridgehead atoms. The van der Waals surface area contributed by atoms with Crippen molar-refractivity contribution >= 4 is 29.1 Å². The van der Waals surface area contributed by atoms with E-state index in [1.165, 1.54) is 24.7 Å². The maximum Gasteiger partial charge on any atom is 0.303 e. The third-order valence-corrected chi connectivity index (χ3v) is 3.71. The number of nitrogen functional groups attached to an aromatic ring is 1. The maximum absolute atomic E-state index is 11.9. The van der Waals surface area contributed by atoms with Crippen LogP contribution in [-0.2, 0) is 23.8 Å². The van der Waals surface area contributed by atoms with Crippen LogP contribution in [0.15, 0.2) is 11.1 Å². The summed E-state index contributed by atoms with van der Waals surface area (Å²) in [5.74, 6) is -0.996. The number of carbonyl (C=O) groups is 2. The van der Waals surface area contributed by atoms with Gasteiger partial charge in [0.25, 0.3) is 5.56 Å². The van der Waals surface area contributed by atoms with Gasteiger partial charge in [-0.15, -0.1) is 0 Å². The first-order valence-electron chi connectivity index (χ1n) is 7.53. The van der Waals surface area contributed by atoms with Crippen molar-refractivity contribution in [2.75, 3.05) is 12.3 Å². The zero-order valence-electron chi connectivity index (χ0n) is 13.6. The van der Waals surface area contributed by atoms with Gasteiger partial charge in [0, 0.05) is 20.3 Å². The highest BCUT2D eigenvalue weighted by atomic mass is 16.6. The topological polar surface area (TPSA) is 151 Å². The summed E-state index contributed by atoms with van der Waals surface area (Å²) in [5.41, 5.74) is 5.48. The Labute approximate surface area is 141 Å². The molecule has 3 heterocycles. The van der Waals surface area contributed by atoms with Gasteiger partial charge in [-0.25, -0.2) is 4.98 Å². The van der Waals surface area contributed by atoms with E-state index in [0.29, 0.717) is 0 Å². The predicted octanol–water partition coefficient (Wildman–Crippen LogP) is -0.516. The molecule has 0 aliphatic carbocycles. The molecule has 1 aliphatic rings. The van der Waals surface area contributed by atoms with Gasteiger partial charge in [0.2, 0.25) is 5.95 Å². The number of nitrogens with two attached hydrogens (primary N) is 1. The molecule has 0 aromatic carbocycles. The van der Waals surface area contributed by atoms with Crippen LogP contribution in [0.4, 0.5) is 5.95 Å². The zero-order valence-corrected chi connectivity index (χ0v) is 13.6. The number of nitrogens with zero attached hydrogens (tertiary/aromatic N) is 3. The Balaban J connectivity index is 1.89. The second-order valence-electron chi connectivity index (χ2n) is 5.59. The van der Waals surface area contributed by atoms with Crippen LogP contribution in [0.3, 0.4) is 0 Å². The van der Waals surface area contributed by atoms with E-state index in [1.807, 2.05) is 0 Å². The van der Waals surface area contributed by atoms with Gasteiger partial charge in [-0.2, -0.15) is 4.98 Å². The summed E-state index contributed by atoms with van der Waals surface area (Å²) in [6.07, 6.45) is -0.182. The average Bonchev–Trinajstić information content (AvgIpc) is 3.08. The second kappa shape index (κ2) is 6.51. The Morgan fingerprint density at radius 2 is 2.20 bits per heavy atom. The second-order valence-corrected chi connectivity index (χ2v) is 5.59. The van der Waals surface area contributed by atoms with Crippen LogP contribution in [-0.4, -0.2) is 50.3 Å². The lowest BCUT2D eigenvalue weighted by molar-refractivity contribution is -0.155. The van der Waals surface area contributed by atoms with Crippen LogP contribution in [0, 0.1) is 0 Å². The van der Waals surface area contributed by atoms with E-state index in [2.05, 4.69) is 15.0 Å². The molecule has 1 aliphatic heterocycles. The minimum Gasteiger partial charge on any atom is -0.463 e. The van der Waals surface area contributed by atoms with Gasteiger partial charge in [0.15, 0.2) is 11.2 Å². The lowest BCUT2D eigenvalue weighted by Gasteiger charge is -2.17. The number of nitrogens with one attached hydrogen (secondary N) is 1. The number of H-pyrrole nitrogens is 1. The first-order valence-corrected chi connectivity index (χ1v) is 7.53. The van der Waals surface area contributed by atoms with Gasteiger partial charge in [-0.05, 0) is 0 Å². The van der Waals surface area contributed by atoms with Gasteiger partial charge in [0.1, 0.15) is 25.0 Å². The van der Waals surface area contributed by atoms with Gasteiger partial charge in [0.05, 0.1) is 6.33 Å². The number of esters is 2. The molecule has 1 saturated heterocycles. The molecule has 3 N–H and O–H groups in total. The quantitative estimate of drug-likeness (QED) is 0.693. The fraction of sp³-hybridized carbons (Fsp3) is 0.500. The highest BCUT2D eigenvalue weighted by Crippen LogP contribution is 2.32. The molecule has 2 aromatic rings. The SMILES string of the molecule is CC(=O)OC[C@@H]1O[C@@H](n2cnc3c(=O)[nH]c(N)nc32)C[C@H]1OC(C)=O. The van der Waals surface area contributed by atoms with Crippen LogP contribution in [0.1, 0.15) is 26.5 Å². The van der Waals surface area contributed by atoms with Crippen molar-refractivity contribution in [2.45, 2.75) is 38.7 Å². The first kappa shape index (κ1) is 16.9. The molecule has 11 heteroatoms. The predicted molar refractivity (Wildman–Crippen MR) is 83.3 cm³/mol. The molecule has 1 fully saturated rings. The summed E-state index contributed by atoms with van der Waals surface area (Å²) in [5, 5.41) is 0. The molecule has 3 rings (SSSR count). The Bertz CT molecular complexity index is 874. The number of fused-ring (bicyclic) bond motifs is 1. The van der Waals surface area contributed by atoms with Crippen molar-refractivity contribution in [1.82, 2.24) is 19.5 Å². The fourth-order valence-electron chi connectivity index (χ4n) is 2.71. The number of aromatic amines is 1. The summed E-state index contributed by atoms with van der Waals surface area (Å²) in [4.78, 5) is 44.6. The number of carbonyl (C=O) groups excluding carboxylic acids is 2. The fourth-order valence-corrected chi connectivity index (χ4v) is 2.71. The summed E-state index contributed by atoms with van der Waals surface area (Å²) in [6, 6.07) is 0. The van der Waals surface area contributed by atoms with Crippen molar-refractivity contribution < 1.29 is 23.8 Å². The van der Waals surface area contributed by atoms with Crippen LogP contribution in [0.25, 0.3) is 11.2 Å². The highest BCUT2D eigenvalue weighted by molar-refractivity contribution is 5.70. The Hall–Kier alpha value is -2.95. The lowest BCUT2D eigenvalue weighted by atomic mass is 10.2. The summed E-state index contributed by atoms with van der Waals surface area (Å²) < 4.78 is 17.6. The third-order valence-electron chi connectivity index (χ3n) is 3.71. The Kier molecular flexibility index (Phi) is 4.40. The van der Waals surface area contributed by atoms with Gasteiger partial charge in [-0.3, -0.25) is 23.9 Å². The smallest absolute Gasteiger partial charge is 0.303 e. The molecule has 0 saturated carbocycles. The monoisotopic (exact) mass is 351 g/mol. The van der Waals surface area contributed by atoms with E-state index in [-0.39, 0.29) is 30.1 Å². The van der Waals surface area contributed by atoms with Crippen molar-refractivity contribution in [3.63, 3.8) is 0 Å². The summed E-state index contributed by atoms with van der Waals surface area (Å²) in [7, 11) is 0. The molecule has 0 amide bonds. The molecule has 0 unspecified atom stereocenters. The van der Waals surface area contributed by atoms with Crippen LogP contribution >= 0.6 is 0 Å². The molecule has 2 aromatic heterocycles. The highest BCUT2D eigenvalue weighted by Gasteiger charge is 2.40. The molecule has 0 spiro atoms. The van der Waals surface area contributed by atoms with E-state index < -0.39 is 35.9 Å². The number of rotatable bonds is 4. The molecule has 3 atom stereocenters. The summed E-state index contributed by atoms with van der Waals surface area (Å²) in [6.45, 7) is 2.49. The van der Waals surface area contributed by atoms with Gasteiger partial charge < -0.3 is 19.9 Å². The van der Waals surface area contributed by atoms with Crippen LogP contribution in [0.2, 0.25) is 0 Å². The Morgan fingerprint density at radius 3 is 2.88 bits per heavy atom. The molecule has 25 heavy (non-hydrogen) atoms. The van der Waals surface area contributed by atoms with Crippen molar-refractivity contribution in [3.05, 3.63) is 16.7 Å². The Morgan fingerprint density at radius 1 is 1.44 bits per heavy atom. The van der Waals surface area contributed by atoms with Crippen molar-refractivity contribution in [1.29, 1.82) is 0 Å². The number of hydrogen-bond donors (Lipinski definition) is 2. The largest absolute Gasteiger partial charge is 0.463 e. The van der Waals surface area contributed by atoms with E-state index in [9.17, 15) is 14.4 Å². The van der Waals surface area contributed by atoms with Gasteiger partial charge in [-0.1, -0.05) is 0 Å². The molecular weight excluding hydrogens is 334 g/mol. The van der Waals surface area contributed by atoms with Crippen LogP contribution < -0.4 is 11.3 Å². The van der Waals surface area contributed by atoms with Crippen molar-refractivity contribution in [3.8, 4) is 0 Å². The number of hydrogen-bond acceptors (Lipinski definition) is 9. The van der Waals surface area contributed by atoms with Crippen molar-refractivity contribution in [2.24, 2.45) is 0 Å². The standard InChI is InChI=1S/C14H17N5O6/c1-6(20)23-4-9-8(24-7(2)21)3-10(25-9)19-5-16-11-12(19)17-14(15)18-13(11)22/h5,8-10H,3-4H2,1-2H3,(H3,15,17,18,22)/t8-,9+,10-/m1/s1. The maximum atomic E-state index is 11.9. The van der Waals surface area contributed by atoms with E-state index in [0.717, 1.165) is 0 Å². The summed E-state index contributed by atoms with van der Waals surface area (Å²) >= 11 is 0. The molecule has 11 nitrogen and oxygen atoms in total. The normalized spacial score (nSPS) is 22.9. The van der Waals surface area contributed by atoms with Gasteiger partial charge >= 0.3 is 11.9 Å². The van der Waals surface area contributed by atoms with E-state index >= 15 is 0 Å². The van der Waals surface area contributed by atoms with E-state index in [4.69, 9.17) is 19.9 Å². The van der Waals surface area contributed by atoms with Crippen LogP contribution in [0.5, 0.6) is 0 Å². The first-order chi connectivity index (χ1) is 11.8. The van der Waals surface area contributed by atoms with E-state index in [1.54, 1.807) is 0 Å².